The summed E-state index contributed by atoms with van der Waals surface area (Å²) in [6, 6.07) is 8.90. The van der Waals surface area contributed by atoms with Crippen molar-refractivity contribution in [2.24, 2.45) is 0 Å². The summed E-state index contributed by atoms with van der Waals surface area (Å²) >= 11 is 0. The van der Waals surface area contributed by atoms with E-state index in [4.69, 9.17) is 23.7 Å². The van der Waals surface area contributed by atoms with Crippen molar-refractivity contribution in [2.75, 3.05) is 28.4 Å². The molecule has 0 fully saturated rings. The maximum absolute atomic E-state index is 12.5. The maximum atomic E-state index is 12.5. The van der Waals surface area contributed by atoms with E-state index in [1.165, 1.54) is 21.3 Å². The standard InChI is InChI=1S/C19H22O6/c1-12-6-8-15(21-2)13(10-12)11-25-19(20)14-7-9-16(22-3)18(24-5)17(14)23-4/h6-10H,11H2,1-5H3. The van der Waals surface area contributed by atoms with Crippen molar-refractivity contribution in [2.45, 2.75) is 13.5 Å². The van der Waals surface area contributed by atoms with Gasteiger partial charge in [-0.1, -0.05) is 11.6 Å². The van der Waals surface area contributed by atoms with Crippen LogP contribution in [0.25, 0.3) is 0 Å². The molecule has 6 heteroatoms. The Morgan fingerprint density at radius 2 is 1.48 bits per heavy atom. The number of carbonyl (C=O) groups excluding carboxylic acids is 1. The number of methoxy groups -OCH3 is 4. The highest BCUT2D eigenvalue weighted by Crippen LogP contribution is 2.40. The Morgan fingerprint density at radius 1 is 0.840 bits per heavy atom. The zero-order valence-electron chi connectivity index (χ0n) is 15.0. The van der Waals surface area contributed by atoms with Crippen LogP contribution in [0.4, 0.5) is 0 Å². The number of carbonyl (C=O) groups is 1. The fourth-order valence-corrected chi connectivity index (χ4v) is 2.50. The van der Waals surface area contributed by atoms with Crippen LogP contribution < -0.4 is 18.9 Å². The number of esters is 1. The van der Waals surface area contributed by atoms with E-state index < -0.39 is 5.97 Å². The summed E-state index contributed by atoms with van der Waals surface area (Å²) in [5.41, 5.74) is 2.10. The Bertz CT molecular complexity index is 754. The van der Waals surface area contributed by atoms with Crippen molar-refractivity contribution in [3.05, 3.63) is 47.0 Å². The summed E-state index contributed by atoms with van der Waals surface area (Å²) in [6.07, 6.45) is 0. The van der Waals surface area contributed by atoms with Crippen LogP contribution in [-0.2, 0) is 11.3 Å². The van der Waals surface area contributed by atoms with Crippen molar-refractivity contribution in [3.8, 4) is 23.0 Å². The molecule has 0 unspecified atom stereocenters. The van der Waals surface area contributed by atoms with Gasteiger partial charge in [-0.25, -0.2) is 4.79 Å². The van der Waals surface area contributed by atoms with E-state index in [0.29, 0.717) is 17.2 Å². The minimum Gasteiger partial charge on any atom is -0.496 e. The predicted octanol–water partition coefficient (Wildman–Crippen LogP) is 3.39. The Balaban J connectivity index is 2.26. The zero-order chi connectivity index (χ0) is 18.4. The number of hydrogen-bond acceptors (Lipinski definition) is 6. The molecule has 6 nitrogen and oxygen atoms in total. The summed E-state index contributed by atoms with van der Waals surface area (Å²) in [4.78, 5) is 12.5. The molecule has 2 aromatic rings. The first kappa shape index (κ1) is 18.4. The topological polar surface area (TPSA) is 63.2 Å². The molecule has 134 valence electrons. The molecular formula is C19H22O6. The van der Waals surface area contributed by atoms with Crippen LogP contribution in [0.1, 0.15) is 21.5 Å². The third-order valence-electron chi connectivity index (χ3n) is 3.72. The maximum Gasteiger partial charge on any atom is 0.342 e. The van der Waals surface area contributed by atoms with Gasteiger partial charge < -0.3 is 23.7 Å². The van der Waals surface area contributed by atoms with Gasteiger partial charge in [0.05, 0.1) is 28.4 Å². The first-order valence-corrected chi connectivity index (χ1v) is 7.65. The molecule has 0 aromatic heterocycles. The van der Waals surface area contributed by atoms with Crippen LogP contribution in [0.5, 0.6) is 23.0 Å². The smallest absolute Gasteiger partial charge is 0.342 e. The normalized spacial score (nSPS) is 10.1. The van der Waals surface area contributed by atoms with E-state index in [2.05, 4.69) is 0 Å². The Kier molecular flexibility index (Phi) is 6.11. The van der Waals surface area contributed by atoms with Crippen molar-refractivity contribution in [1.82, 2.24) is 0 Å². The average Bonchev–Trinajstić information content (AvgIpc) is 2.64. The van der Waals surface area contributed by atoms with Crippen LogP contribution in [0.15, 0.2) is 30.3 Å². The van der Waals surface area contributed by atoms with Gasteiger partial charge in [-0.05, 0) is 31.2 Å². The van der Waals surface area contributed by atoms with Crippen LogP contribution in [0.3, 0.4) is 0 Å². The van der Waals surface area contributed by atoms with Gasteiger partial charge in [-0.3, -0.25) is 0 Å². The van der Waals surface area contributed by atoms with Crippen molar-refractivity contribution < 1.29 is 28.5 Å². The molecule has 0 bridgehead atoms. The summed E-state index contributed by atoms with van der Waals surface area (Å²) in [6.45, 7) is 2.04. The van der Waals surface area contributed by atoms with Gasteiger partial charge in [0.25, 0.3) is 0 Å². The van der Waals surface area contributed by atoms with E-state index >= 15 is 0 Å². The summed E-state index contributed by atoms with van der Waals surface area (Å²) in [5, 5.41) is 0. The van der Waals surface area contributed by atoms with Gasteiger partial charge in [-0.2, -0.15) is 0 Å². The largest absolute Gasteiger partial charge is 0.496 e. The molecule has 0 aliphatic heterocycles. The lowest BCUT2D eigenvalue weighted by Gasteiger charge is -2.15. The van der Waals surface area contributed by atoms with E-state index in [0.717, 1.165) is 11.1 Å². The number of hydrogen-bond donors (Lipinski definition) is 0. The molecular weight excluding hydrogens is 324 g/mol. The van der Waals surface area contributed by atoms with Crippen LogP contribution in [0.2, 0.25) is 0 Å². The summed E-state index contributed by atoms with van der Waals surface area (Å²) in [5.74, 6) is 1.21. The van der Waals surface area contributed by atoms with Gasteiger partial charge >= 0.3 is 5.97 Å². The van der Waals surface area contributed by atoms with E-state index in [1.807, 2.05) is 25.1 Å². The highest BCUT2D eigenvalue weighted by molar-refractivity contribution is 5.94. The van der Waals surface area contributed by atoms with E-state index in [9.17, 15) is 4.79 Å². The fourth-order valence-electron chi connectivity index (χ4n) is 2.50. The second-order valence-electron chi connectivity index (χ2n) is 5.27. The molecule has 0 N–H and O–H groups in total. The Hall–Kier alpha value is -2.89. The molecule has 2 rings (SSSR count). The first-order valence-electron chi connectivity index (χ1n) is 7.65. The van der Waals surface area contributed by atoms with Gasteiger partial charge in [0.1, 0.15) is 17.9 Å². The Labute approximate surface area is 147 Å². The quantitative estimate of drug-likeness (QED) is 0.716. The average molecular weight is 346 g/mol. The second kappa shape index (κ2) is 8.28. The van der Waals surface area contributed by atoms with Crippen LogP contribution >= 0.6 is 0 Å². The van der Waals surface area contributed by atoms with Gasteiger partial charge in [0.2, 0.25) is 5.75 Å². The second-order valence-corrected chi connectivity index (χ2v) is 5.27. The van der Waals surface area contributed by atoms with Gasteiger partial charge in [0, 0.05) is 5.56 Å². The minimum atomic E-state index is -0.527. The minimum absolute atomic E-state index is 0.0845. The number of rotatable bonds is 7. The molecule has 0 saturated carbocycles. The number of aryl methyl sites for hydroxylation is 1. The molecule has 0 atom stereocenters. The van der Waals surface area contributed by atoms with Gasteiger partial charge in [0.15, 0.2) is 11.5 Å². The van der Waals surface area contributed by atoms with Crippen molar-refractivity contribution in [3.63, 3.8) is 0 Å². The third kappa shape index (κ3) is 3.96. The number of ether oxygens (including phenoxy) is 5. The van der Waals surface area contributed by atoms with E-state index in [-0.39, 0.29) is 17.9 Å². The molecule has 25 heavy (non-hydrogen) atoms. The fraction of sp³-hybridized carbons (Fsp3) is 0.316. The third-order valence-corrected chi connectivity index (χ3v) is 3.72. The predicted molar refractivity (Wildman–Crippen MR) is 92.9 cm³/mol. The lowest BCUT2D eigenvalue weighted by Crippen LogP contribution is -2.09. The van der Waals surface area contributed by atoms with Crippen LogP contribution in [0, 0.1) is 6.92 Å². The van der Waals surface area contributed by atoms with Crippen molar-refractivity contribution >= 4 is 5.97 Å². The first-order chi connectivity index (χ1) is 12.0. The monoisotopic (exact) mass is 346 g/mol. The molecule has 2 aromatic carbocycles. The van der Waals surface area contributed by atoms with Gasteiger partial charge in [-0.15, -0.1) is 0 Å². The zero-order valence-corrected chi connectivity index (χ0v) is 15.0. The molecule has 0 radical (unpaired) electrons. The highest BCUT2D eigenvalue weighted by Gasteiger charge is 2.22. The Morgan fingerprint density at radius 3 is 2.08 bits per heavy atom. The summed E-state index contributed by atoms with van der Waals surface area (Å²) in [7, 11) is 6.03. The molecule has 0 amide bonds. The lowest BCUT2D eigenvalue weighted by molar-refractivity contribution is 0.0465. The molecule has 0 saturated heterocycles. The van der Waals surface area contributed by atoms with Crippen molar-refractivity contribution in [1.29, 1.82) is 0 Å². The molecule has 0 spiro atoms. The van der Waals surface area contributed by atoms with Crippen LogP contribution in [-0.4, -0.2) is 34.4 Å². The number of benzene rings is 2. The molecule has 0 aliphatic carbocycles. The summed E-state index contributed by atoms with van der Waals surface area (Å²) < 4.78 is 26.5. The highest BCUT2D eigenvalue weighted by atomic mass is 16.5. The SMILES string of the molecule is COc1ccc(C)cc1COC(=O)c1ccc(OC)c(OC)c1OC. The molecule has 0 heterocycles. The lowest BCUT2D eigenvalue weighted by atomic mass is 10.1. The molecule has 0 aliphatic rings. The van der Waals surface area contributed by atoms with E-state index in [1.54, 1.807) is 19.2 Å².